The van der Waals surface area contributed by atoms with Crippen LogP contribution in [0.3, 0.4) is 0 Å². The quantitative estimate of drug-likeness (QED) is 0.680. The summed E-state index contributed by atoms with van der Waals surface area (Å²) in [6.45, 7) is 1.52. The number of hydrogen-bond acceptors (Lipinski definition) is 8. The molecule has 3 aromatic rings. The van der Waals surface area contributed by atoms with E-state index in [1.54, 1.807) is 40.3 Å². The molecule has 8 nitrogen and oxygen atoms in total. The van der Waals surface area contributed by atoms with Crippen molar-refractivity contribution >= 4 is 17.2 Å². The number of piperidine rings is 1. The molecular weight excluding hydrogens is 354 g/mol. The lowest BCUT2D eigenvalue weighted by molar-refractivity contribution is -0.00974. The van der Waals surface area contributed by atoms with E-state index in [2.05, 4.69) is 20.1 Å². The molecule has 1 amide bonds. The molecule has 1 atom stereocenters. The van der Waals surface area contributed by atoms with E-state index in [0.717, 1.165) is 24.9 Å². The Morgan fingerprint density at radius 1 is 1.38 bits per heavy atom. The van der Waals surface area contributed by atoms with Crippen LogP contribution in [0.4, 0.5) is 0 Å². The largest absolute Gasteiger partial charge is 0.368 e. The second-order valence-corrected chi connectivity index (χ2v) is 6.67. The highest BCUT2D eigenvalue weighted by Gasteiger charge is 2.26. The molecule has 0 aromatic carbocycles. The number of carbonyl (C=O) groups is 1. The number of rotatable bonds is 5. The third-order valence-corrected chi connectivity index (χ3v) is 4.75. The summed E-state index contributed by atoms with van der Waals surface area (Å²) in [4.78, 5) is 26.6. The maximum atomic E-state index is 12.4. The van der Waals surface area contributed by atoms with Crippen molar-refractivity contribution in [2.75, 3.05) is 13.1 Å². The minimum atomic E-state index is -0.0470. The molecule has 0 radical (unpaired) electrons. The second kappa shape index (κ2) is 7.71. The summed E-state index contributed by atoms with van der Waals surface area (Å²) in [5.74, 6) is 0.883. The Balaban J connectivity index is 1.33. The van der Waals surface area contributed by atoms with E-state index in [-0.39, 0.29) is 18.6 Å². The van der Waals surface area contributed by atoms with Crippen molar-refractivity contribution in [2.24, 2.45) is 0 Å². The molecule has 1 aliphatic rings. The van der Waals surface area contributed by atoms with Crippen LogP contribution in [0.1, 0.15) is 29.2 Å². The van der Waals surface area contributed by atoms with Gasteiger partial charge < -0.3 is 14.2 Å². The van der Waals surface area contributed by atoms with Crippen molar-refractivity contribution in [3.05, 3.63) is 46.9 Å². The van der Waals surface area contributed by atoms with Gasteiger partial charge in [0.1, 0.15) is 12.3 Å². The lowest BCUT2D eigenvalue weighted by Crippen LogP contribution is -2.43. The Morgan fingerprint density at radius 3 is 3.08 bits per heavy atom. The predicted molar refractivity (Wildman–Crippen MR) is 93.4 cm³/mol. The summed E-state index contributed by atoms with van der Waals surface area (Å²) in [6, 6.07) is 3.61. The standard InChI is InChI=1S/C17H17N5O3S/c23-17(14-10-26-11-19-14)22-7-1-2-13(8-22)24-9-15-20-16(25-21-15)12-3-5-18-6-4-12/h3-6,10-11,13H,1-2,7-9H2. The molecule has 4 heterocycles. The molecule has 134 valence electrons. The fraction of sp³-hybridized carbons (Fsp3) is 0.353. The van der Waals surface area contributed by atoms with E-state index >= 15 is 0 Å². The van der Waals surface area contributed by atoms with Crippen LogP contribution in [0.5, 0.6) is 0 Å². The van der Waals surface area contributed by atoms with Crippen molar-refractivity contribution in [3.8, 4) is 11.5 Å². The Kier molecular flexibility index (Phi) is 4.98. The Bertz CT molecular complexity index is 852. The minimum Gasteiger partial charge on any atom is -0.368 e. The van der Waals surface area contributed by atoms with Crippen LogP contribution in [0.25, 0.3) is 11.5 Å². The molecular formula is C17H17N5O3S. The zero-order chi connectivity index (χ0) is 17.8. The molecule has 0 aliphatic carbocycles. The number of nitrogens with zero attached hydrogens (tertiary/aromatic N) is 5. The minimum absolute atomic E-state index is 0.0425. The maximum absolute atomic E-state index is 12.4. The molecule has 26 heavy (non-hydrogen) atoms. The summed E-state index contributed by atoms with van der Waals surface area (Å²) in [5, 5.41) is 5.72. The van der Waals surface area contributed by atoms with Gasteiger partial charge in [-0.1, -0.05) is 5.16 Å². The number of amides is 1. The van der Waals surface area contributed by atoms with Gasteiger partial charge in [0.15, 0.2) is 5.82 Å². The summed E-state index contributed by atoms with van der Waals surface area (Å²) in [7, 11) is 0. The van der Waals surface area contributed by atoms with Gasteiger partial charge in [0.25, 0.3) is 11.8 Å². The van der Waals surface area contributed by atoms with Crippen LogP contribution in [-0.4, -0.2) is 50.1 Å². The van der Waals surface area contributed by atoms with E-state index in [0.29, 0.717) is 24.0 Å². The van der Waals surface area contributed by atoms with E-state index in [4.69, 9.17) is 9.26 Å². The van der Waals surface area contributed by atoms with Crippen LogP contribution in [0.2, 0.25) is 0 Å². The summed E-state index contributed by atoms with van der Waals surface area (Å²) in [6.07, 6.45) is 5.09. The van der Waals surface area contributed by atoms with Crippen LogP contribution in [0, 0.1) is 0 Å². The number of thiazole rings is 1. The molecule has 1 aliphatic heterocycles. The summed E-state index contributed by atoms with van der Waals surface area (Å²) in [5.41, 5.74) is 2.98. The molecule has 0 saturated carbocycles. The molecule has 1 fully saturated rings. The Hall–Kier alpha value is -2.65. The van der Waals surface area contributed by atoms with Gasteiger partial charge in [-0.15, -0.1) is 11.3 Å². The first kappa shape index (κ1) is 16.8. The zero-order valence-electron chi connectivity index (χ0n) is 13.9. The molecule has 0 N–H and O–H groups in total. The second-order valence-electron chi connectivity index (χ2n) is 5.95. The number of pyridine rings is 1. The number of hydrogen-bond donors (Lipinski definition) is 0. The molecule has 3 aromatic heterocycles. The van der Waals surface area contributed by atoms with Crippen LogP contribution < -0.4 is 0 Å². The average molecular weight is 371 g/mol. The Labute approximate surface area is 153 Å². The highest BCUT2D eigenvalue weighted by Crippen LogP contribution is 2.19. The van der Waals surface area contributed by atoms with Gasteiger partial charge in [-0.2, -0.15) is 4.98 Å². The molecule has 0 spiro atoms. The van der Waals surface area contributed by atoms with Crippen molar-refractivity contribution < 1.29 is 14.1 Å². The number of aromatic nitrogens is 4. The van der Waals surface area contributed by atoms with E-state index in [9.17, 15) is 4.79 Å². The van der Waals surface area contributed by atoms with Crippen molar-refractivity contribution in [3.63, 3.8) is 0 Å². The van der Waals surface area contributed by atoms with Crippen molar-refractivity contribution in [1.29, 1.82) is 0 Å². The molecule has 9 heteroatoms. The fourth-order valence-electron chi connectivity index (χ4n) is 2.86. The molecule has 1 unspecified atom stereocenters. The summed E-state index contributed by atoms with van der Waals surface area (Å²) >= 11 is 1.42. The average Bonchev–Trinajstić information content (AvgIpc) is 3.39. The van der Waals surface area contributed by atoms with Gasteiger partial charge in [0.2, 0.25) is 0 Å². The number of carbonyl (C=O) groups excluding carboxylic acids is 1. The number of ether oxygens (including phenoxy) is 1. The SMILES string of the molecule is O=C(c1cscn1)N1CCCC(OCc2noc(-c3ccncc3)n2)C1. The van der Waals surface area contributed by atoms with Crippen LogP contribution in [0.15, 0.2) is 39.9 Å². The van der Waals surface area contributed by atoms with Gasteiger partial charge in [0.05, 0.1) is 11.6 Å². The van der Waals surface area contributed by atoms with Crippen molar-refractivity contribution in [2.45, 2.75) is 25.6 Å². The molecule has 1 saturated heterocycles. The van der Waals surface area contributed by atoms with Gasteiger partial charge >= 0.3 is 0 Å². The van der Waals surface area contributed by atoms with Gasteiger partial charge in [-0.05, 0) is 25.0 Å². The van der Waals surface area contributed by atoms with E-state index in [1.807, 2.05) is 0 Å². The van der Waals surface area contributed by atoms with E-state index in [1.165, 1.54) is 11.3 Å². The highest BCUT2D eigenvalue weighted by atomic mass is 32.1. The predicted octanol–water partition coefficient (Wildman–Crippen LogP) is 2.41. The summed E-state index contributed by atoms with van der Waals surface area (Å²) < 4.78 is 11.2. The molecule has 0 bridgehead atoms. The van der Waals surface area contributed by atoms with Gasteiger partial charge in [0, 0.05) is 36.4 Å². The highest BCUT2D eigenvalue weighted by molar-refractivity contribution is 7.07. The van der Waals surface area contributed by atoms with Crippen LogP contribution in [-0.2, 0) is 11.3 Å². The monoisotopic (exact) mass is 371 g/mol. The Morgan fingerprint density at radius 2 is 2.27 bits per heavy atom. The topological polar surface area (TPSA) is 94.2 Å². The number of likely N-dealkylation sites (tertiary alicyclic amines) is 1. The first-order valence-corrected chi connectivity index (χ1v) is 9.26. The van der Waals surface area contributed by atoms with Crippen molar-refractivity contribution in [1.82, 2.24) is 25.0 Å². The smallest absolute Gasteiger partial charge is 0.273 e. The van der Waals surface area contributed by atoms with Gasteiger partial charge in [-0.3, -0.25) is 9.78 Å². The third kappa shape index (κ3) is 3.78. The lowest BCUT2D eigenvalue weighted by Gasteiger charge is -2.32. The van der Waals surface area contributed by atoms with E-state index < -0.39 is 0 Å². The maximum Gasteiger partial charge on any atom is 0.273 e. The normalized spacial score (nSPS) is 17.4. The molecule has 4 rings (SSSR count). The fourth-order valence-corrected chi connectivity index (χ4v) is 3.38. The van der Waals surface area contributed by atoms with Crippen LogP contribution >= 0.6 is 11.3 Å². The first-order chi connectivity index (χ1) is 12.8. The first-order valence-electron chi connectivity index (χ1n) is 8.31. The third-order valence-electron chi connectivity index (χ3n) is 4.16. The zero-order valence-corrected chi connectivity index (χ0v) is 14.8. The lowest BCUT2D eigenvalue weighted by atomic mass is 10.1. The van der Waals surface area contributed by atoms with Gasteiger partial charge in [-0.25, -0.2) is 4.98 Å².